The van der Waals surface area contributed by atoms with Gasteiger partial charge in [-0.2, -0.15) is 5.10 Å². The van der Waals surface area contributed by atoms with Crippen LogP contribution < -0.4 is 5.32 Å². The van der Waals surface area contributed by atoms with Gasteiger partial charge in [0.05, 0.1) is 17.8 Å². The smallest absolute Gasteiger partial charge is 0.255 e. The Kier molecular flexibility index (Phi) is 2.94. The number of nitrogens with one attached hydrogen (secondary N) is 1. The maximum atomic E-state index is 12.1. The maximum Gasteiger partial charge on any atom is 0.255 e. The number of rotatable bonds is 3. The molecule has 3 aromatic heterocycles. The minimum absolute atomic E-state index is 0.182. The number of carbonyl (C=O) groups excluding carboxylic acids is 1. The van der Waals surface area contributed by atoms with E-state index in [1.54, 1.807) is 17.9 Å². The molecule has 0 radical (unpaired) electrons. The summed E-state index contributed by atoms with van der Waals surface area (Å²) >= 11 is 0. The zero-order chi connectivity index (χ0) is 14.1. The van der Waals surface area contributed by atoms with Gasteiger partial charge in [0.15, 0.2) is 11.5 Å². The summed E-state index contributed by atoms with van der Waals surface area (Å²) < 4.78 is 3.44. The molecule has 0 aromatic carbocycles. The van der Waals surface area contributed by atoms with E-state index >= 15 is 0 Å². The largest absolute Gasteiger partial charge is 0.342 e. The third-order valence-corrected chi connectivity index (χ3v) is 3.04. The summed E-state index contributed by atoms with van der Waals surface area (Å²) in [5.74, 6) is 0.510. The van der Waals surface area contributed by atoms with Gasteiger partial charge in [0.25, 0.3) is 5.91 Å². The zero-order valence-electron chi connectivity index (χ0n) is 11.2. The van der Waals surface area contributed by atoms with Gasteiger partial charge in [0.2, 0.25) is 0 Å². The second-order valence-electron chi connectivity index (χ2n) is 4.58. The van der Waals surface area contributed by atoms with E-state index < -0.39 is 0 Å². The Labute approximate surface area is 115 Å². The number of pyridine rings is 1. The van der Waals surface area contributed by atoms with Crippen LogP contribution in [0.4, 0.5) is 0 Å². The normalized spacial score (nSPS) is 12.5. The number of hydrogen-bond acceptors (Lipinski definition) is 4. The Balaban J connectivity index is 1.82. The Morgan fingerprint density at radius 1 is 1.35 bits per heavy atom. The highest BCUT2D eigenvalue weighted by Crippen LogP contribution is 2.12. The number of amides is 1. The molecule has 102 valence electrons. The average Bonchev–Trinajstić information content (AvgIpc) is 3.04. The van der Waals surface area contributed by atoms with E-state index in [0.717, 1.165) is 5.65 Å². The van der Waals surface area contributed by atoms with Crippen LogP contribution in [0.3, 0.4) is 0 Å². The molecule has 0 aliphatic carbocycles. The minimum atomic E-state index is -0.250. The first kappa shape index (κ1) is 12.3. The molecule has 0 aliphatic rings. The zero-order valence-corrected chi connectivity index (χ0v) is 11.2. The molecule has 0 spiro atoms. The molecule has 0 saturated carbocycles. The Morgan fingerprint density at radius 3 is 2.95 bits per heavy atom. The fourth-order valence-corrected chi connectivity index (χ4v) is 2.04. The number of fused-ring (bicyclic) bond motifs is 1. The van der Waals surface area contributed by atoms with Crippen molar-refractivity contribution in [1.82, 2.24) is 29.7 Å². The van der Waals surface area contributed by atoms with E-state index in [1.807, 2.05) is 35.7 Å². The first-order valence-corrected chi connectivity index (χ1v) is 6.24. The molecule has 0 bridgehead atoms. The van der Waals surface area contributed by atoms with Gasteiger partial charge in [-0.25, -0.2) is 0 Å². The molecule has 1 amide bonds. The molecule has 3 rings (SSSR count). The molecule has 1 atom stereocenters. The molecule has 7 heteroatoms. The second kappa shape index (κ2) is 4.76. The number of nitrogens with zero attached hydrogens (tertiary/aromatic N) is 5. The van der Waals surface area contributed by atoms with Crippen molar-refractivity contribution in [2.75, 3.05) is 0 Å². The number of hydrogen-bond donors (Lipinski definition) is 1. The third kappa shape index (κ3) is 2.13. The van der Waals surface area contributed by atoms with Crippen molar-refractivity contribution in [1.29, 1.82) is 0 Å². The van der Waals surface area contributed by atoms with Crippen LogP contribution in [0.1, 0.15) is 29.1 Å². The average molecular weight is 270 g/mol. The summed E-state index contributed by atoms with van der Waals surface area (Å²) in [6.45, 7) is 1.87. The van der Waals surface area contributed by atoms with Crippen molar-refractivity contribution < 1.29 is 4.79 Å². The van der Waals surface area contributed by atoms with Crippen molar-refractivity contribution in [3.8, 4) is 0 Å². The van der Waals surface area contributed by atoms with Gasteiger partial charge in [0, 0.05) is 19.4 Å². The topological polar surface area (TPSA) is 77.1 Å². The highest BCUT2D eigenvalue weighted by molar-refractivity contribution is 5.93. The van der Waals surface area contributed by atoms with E-state index in [9.17, 15) is 4.79 Å². The van der Waals surface area contributed by atoms with Gasteiger partial charge in [0.1, 0.15) is 0 Å². The van der Waals surface area contributed by atoms with Gasteiger partial charge >= 0.3 is 0 Å². The summed E-state index contributed by atoms with van der Waals surface area (Å²) in [5.41, 5.74) is 1.28. The quantitative estimate of drug-likeness (QED) is 0.768. The van der Waals surface area contributed by atoms with Crippen molar-refractivity contribution in [2.24, 2.45) is 7.05 Å². The standard InChI is InChI=1S/C13H14N6O/c1-9(15-13(20)10-7-14-18(2)8-10)12-17-16-11-5-3-4-6-19(11)12/h3-9H,1-2H3,(H,15,20)/t9-/m1/s1. The van der Waals surface area contributed by atoms with E-state index in [0.29, 0.717) is 11.4 Å². The molecule has 20 heavy (non-hydrogen) atoms. The van der Waals surface area contributed by atoms with E-state index in [2.05, 4.69) is 20.6 Å². The summed E-state index contributed by atoms with van der Waals surface area (Å²) in [5, 5.41) is 15.1. The maximum absolute atomic E-state index is 12.1. The van der Waals surface area contributed by atoms with Gasteiger partial charge in [-0.1, -0.05) is 6.07 Å². The van der Waals surface area contributed by atoms with Crippen molar-refractivity contribution in [3.05, 3.63) is 48.2 Å². The van der Waals surface area contributed by atoms with Crippen LogP contribution in [0, 0.1) is 0 Å². The van der Waals surface area contributed by atoms with Crippen LogP contribution in [0.5, 0.6) is 0 Å². The van der Waals surface area contributed by atoms with E-state index in [-0.39, 0.29) is 11.9 Å². The van der Waals surface area contributed by atoms with Crippen LogP contribution in [-0.2, 0) is 7.05 Å². The van der Waals surface area contributed by atoms with E-state index in [1.165, 1.54) is 6.20 Å². The fraction of sp³-hybridized carbons (Fsp3) is 0.231. The monoisotopic (exact) mass is 270 g/mol. The molecule has 0 unspecified atom stereocenters. The van der Waals surface area contributed by atoms with Gasteiger partial charge < -0.3 is 5.32 Å². The molecule has 0 saturated heterocycles. The molecule has 7 nitrogen and oxygen atoms in total. The van der Waals surface area contributed by atoms with Gasteiger partial charge in [-0.15, -0.1) is 10.2 Å². The Morgan fingerprint density at radius 2 is 2.20 bits per heavy atom. The molecular weight excluding hydrogens is 256 g/mol. The Hall–Kier alpha value is -2.70. The molecule has 0 aliphatic heterocycles. The van der Waals surface area contributed by atoms with Crippen LogP contribution in [0.25, 0.3) is 5.65 Å². The number of carbonyl (C=O) groups is 1. The summed E-state index contributed by atoms with van der Waals surface area (Å²) in [7, 11) is 1.77. The van der Waals surface area contributed by atoms with Crippen LogP contribution in [0.15, 0.2) is 36.8 Å². The van der Waals surface area contributed by atoms with E-state index in [4.69, 9.17) is 0 Å². The predicted molar refractivity (Wildman–Crippen MR) is 72.1 cm³/mol. The molecule has 3 aromatic rings. The van der Waals surface area contributed by atoms with Gasteiger partial charge in [-0.05, 0) is 19.1 Å². The molecule has 1 N–H and O–H groups in total. The lowest BCUT2D eigenvalue weighted by Crippen LogP contribution is -2.27. The summed E-state index contributed by atoms with van der Waals surface area (Å²) in [4.78, 5) is 12.1. The fourth-order valence-electron chi connectivity index (χ4n) is 2.04. The Bertz CT molecular complexity index is 759. The SMILES string of the molecule is C[C@@H](NC(=O)c1cnn(C)c1)c1nnc2ccccn12. The number of aryl methyl sites for hydroxylation is 1. The highest BCUT2D eigenvalue weighted by Gasteiger charge is 2.17. The van der Waals surface area contributed by atoms with Crippen LogP contribution in [0.2, 0.25) is 0 Å². The summed E-state index contributed by atoms with van der Waals surface area (Å²) in [6, 6.07) is 5.41. The minimum Gasteiger partial charge on any atom is -0.342 e. The van der Waals surface area contributed by atoms with Crippen molar-refractivity contribution in [3.63, 3.8) is 0 Å². The lowest BCUT2D eigenvalue weighted by Gasteiger charge is -2.11. The van der Waals surface area contributed by atoms with Crippen molar-refractivity contribution >= 4 is 11.6 Å². The summed E-state index contributed by atoms with van der Waals surface area (Å²) in [6.07, 6.45) is 5.07. The number of aromatic nitrogens is 5. The van der Waals surface area contributed by atoms with Crippen LogP contribution in [-0.4, -0.2) is 30.3 Å². The first-order chi connectivity index (χ1) is 9.65. The molecule has 3 heterocycles. The molecule has 0 fully saturated rings. The highest BCUT2D eigenvalue weighted by atomic mass is 16.1. The first-order valence-electron chi connectivity index (χ1n) is 6.24. The van der Waals surface area contributed by atoms with Gasteiger partial charge in [-0.3, -0.25) is 13.9 Å². The van der Waals surface area contributed by atoms with Crippen LogP contribution >= 0.6 is 0 Å². The lowest BCUT2D eigenvalue weighted by atomic mass is 10.2. The third-order valence-electron chi connectivity index (χ3n) is 3.04. The van der Waals surface area contributed by atoms with Crippen molar-refractivity contribution in [2.45, 2.75) is 13.0 Å². The second-order valence-corrected chi connectivity index (χ2v) is 4.58. The predicted octanol–water partition coefficient (Wildman–Crippen LogP) is 0.954. The molecular formula is C13H14N6O. The lowest BCUT2D eigenvalue weighted by molar-refractivity contribution is 0.0938.